The number of carbonyl (C=O) groups is 2. The van der Waals surface area contributed by atoms with E-state index in [4.69, 9.17) is 5.11 Å². The predicted molar refractivity (Wildman–Crippen MR) is 65.0 cm³/mol. The molecule has 2 aliphatic rings. The molecular formula is C13H21NO4. The Morgan fingerprint density at radius 2 is 1.56 bits per heavy atom. The van der Waals surface area contributed by atoms with Gasteiger partial charge in [-0.2, -0.15) is 0 Å². The van der Waals surface area contributed by atoms with Crippen LogP contribution in [0.4, 0.5) is 0 Å². The molecule has 0 radical (unpaired) electrons. The van der Waals surface area contributed by atoms with Crippen LogP contribution in [0.2, 0.25) is 0 Å². The maximum absolute atomic E-state index is 12.4. The Hall–Kier alpha value is -1.10. The number of carboxylic acid groups (broad SMARTS) is 1. The molecule has 1 saturated heterocycles. The first-order valence-electron chi connectivity index (χ1n) is 6.63. The Kier molecular flexibility index (Phi) is 3.36. The molecule has 1 amide bonds. The molecule has 2 N–H and O–H groups in total. The lowest BCUT2D eigenvalue weighted by atomic mass is 9.85. The third kappa shape index (κ3) is 2.23. The standard InChI is InChI=1S/C13H21NO4/c1-12(4-2-3-5-12)10(15)14-8-6-13(18,7-9-14)11(16)17/h18H,2-9H2,1H3,(H,16,17). The molecule has 2 fully saturated rings. The molecule has 102 valence electrons. The number of piperidine rings is 1. The number of aliphatic carboxylic acids is 1. The molecule has 5 heteroatoms. The number of carboxylic acids is 1. The Morgan fingerprint density at radius 1 is 1.06 bits per heavy atom. The largest absolute Gasteiger partial charge is 0.479 e. The van der Waals surface area contributed by atoms with Gasteiger partial charge in [0.05, 0.1) is 0 Å². The number of aliphatic hydroxyl groups is 1. The maximum Gasteiger partial charge on any atom is 0.335 e. The van der Waals surface area contributed by atoms with Crippen LogP contribution >= 0.6 is 0 Å². The van der Waals surface area contributed by atoms with Gasteiger partial charge in [0.1, 0.15) is 0 Å². The van der Waals surface area contributed by atoms with Crippen molar-refractivity contribution < 1.29 is 19.8 Å². The number of carbonyl (C=O) groups excluding carboxylic acids is 1. The second-order valence-corrected chi connectivity index (χ2v) is 5.90. The molecule has 0 atom stereocenters. The SMILES string of the molecule is CC1(C(=O)N2CCC(O)(C(=O)O)CC2)CCCC1. The third-order valence-electron chi connectivity index (χ3n) is 4.50. The van der Waals surface area contributed by atoms with Crippen molar-refractivity contribution in [3.8, 4) is 0 Å². The summed E-state index contributed by atoms with van der Waals surface area (Å²) in [5.74, 6) is -1.05. The maximum atomic E-state index is 12.4. The number of nitrogens with zero attached hydrogens (tertiary/aromatic N) is 1. The van der Waals surface area contributed by atoms with Crippen LogP contribution in [0.15, 0.2) is 0 Å². The van der Waals surface area contributed by atoms with Crippen LogP contribution in [0.5, 0.6) is 0 Å². The molecule has 0 bridgehead atoms. The fraction of sp³-hybridized carbons (Fsp3) is 0.846. The average Bonchev–Trinajstić information content (AvgIpc) is 2.77. The van der Waals surface area contributed by atoms with Gasteiger partial charge >= 0.3 is 5.97 Å². The zero-order chi connectivity index (χ0) is 13.4. The molecule has 0 aromatic rings. The van der Waals surface area contributed by atoms with Crippen LogP contribution in [0.3, 0.4) is 0 Å². The highest BCUT2D eigenvalue weighted by Crippen LogP contribution is 2.40. The number of likely N-dealkylation sites (tertiary alicyclic amines) is 1. The van der Waals surface area contributed by atoms with Crippen LogP contribution in [0.25, 0.3) is 0 Å². The monoisotopic (exact) mass is 255 g/mol. The Balaban J connectivity index is 1.98. The second kappa shape index (κ2) is 4.53. The predicted octanol–water partition coefficient (Wildman–Crippen LogP) is 1.00. The summed E-state index contributed by atoms with van der Waals surface area (Å²) in [6.45, 7) is 2.69. The molecule has 0 aromatic carbocycles. The minimum Gasteiger partial charge on any atom is -0.479 e. The fourth-order valence-electron chi connectivity index (χ4n) is 3.04. The van der Waals surface area contributed by atoms with E-state index in [1.165, 1.54) is 0 Å². The van der Waals surface area contributed by atoms with Crippen molar-refractivity contribution >= 4 is 11.9 Å². The van der Waals surface area contributed by atoms with E-state index < -0.39 is 11.6 Å². The molecule has 1 saturated carbocycles. The summed E-state index contributed by atoms with van der Waals surface area (Å²) < 4.78 is 0. The summed E-state index contributed by atoms with van der Waals surface area (Å²) in [5, 5.41) is 18.8. The van der Waals surface area contributed by atoms with Gasteiger partial charge in [0.15, 0.2) is 5.60 Å². The molecular weight excluding hydrogens is 234 g/mol. The van der Waals surface area contributed by atoms with Gasteiger partial charge < -0.3 is 15.1 Å². The van der Waals surface area contributed by atoms with Crippen LogP contribution in [-0.4, -0.2) is 45.7 Å². The van der Waals surface area contributed by atoms with Crippen molar-refractivity contribution in [3.63, 3.8) is 0 Å². The first kappa shape index (κ1) is 13.3. The molecule has 5 nitrogen and oxygen atoms in total. The topological polar surface area (TPSA) is 77.8 Å². The summed E-state index contributed by atoms with van der Waals surface area (Å²) in [7, 11) is 0. The van der Waals surface area contributed by atoms with Gasteiger partial charge in [-0.05, 0) is 12.8 Å². The van der Waals surface area contributed by atoms with Crippen molar-refractivity contribution in [2.45, 2.75) is 51.0 Å². The van der Waals surface area contributed by atoms with Gasteiger partial charge in [0.2, 0.25) is 5.91 Å². The molecule has 0 aromatic heterocycles. The smallest absolute Gasteiger partial charge is 0.335 e. The second-order valence-electron chi connectivity index (χ2n) is 5.90. The quantitative estimate of drug-likeness (QED) is 0.771. The summed E-state index contributed by atoms with van der Waals surface area (Å²) in [6.07, 6.45) is 4.29. The summed E-state index contributed by atoms with van der Waals surface area (Å²) in [5.41, 5.74) is -1.91. The molecule has 18 heavy (non-hydrogen) atoms. The first-order chi connectivity index (χ1) is 8.37. The minimum absolute atomic E-state index is 0.129. The number of amides is 1. The lowest BCUT2D eigenvalue weighted by Gasteiger charge is -2.39. The van der Waals surface area contributed by atoms with Crippen LogP contribution < -0.4 is 0 Å². The van der Waals surface area contributed by atoms with Gasteiger partial charge in [0.25, 0.3) is 0 Å². The lowest BCUT2D eigenvalue weighted by Crippen LogP contribution is -2.53. The van der Waals surface area contributed by atoms with E-state index in [2.05, 4.69) is 0 Å². The van der Waals surface area contributed by atoms with E-state index in [-0.39, 0.29) is 24.2 Å². The molecule has 1 aliphatic heterocycles. The van der Waals surface area contributed by atoms with Crippen molar-refractivity contribution in [2.24, 2.45) is 5.41 Å². The average molecular weight is 255 g/mol. The minimum atomic E-state index is -1.65. The Morgan fingerprint density at radius 3 is 2.00 bits per heavy atom. The molecule has 0 unspecified atom stereocenters. The zero-order valence-corrected chi connectivity index (χ0v) is 10.8. The van der Waals surface area contributed by atoms with E-state index in [1.807, 2.05) is 6.92 Å². The van der Waals surface area contributed by atoms with Crippen molar-refractivity contribution in [1.82, 2.24) is 4.90 Å². The van der Waals surface area contributed by atoms with Gasteiger partial charge in [-0.3, -0.25) is 4.79 Å². The van der Waals surface area contributed by atoms with E-state index in [0.717, 1.165) is 25.7 Å². The fourth-order valence-corrected chi connectivity index (χ4v) is 3.04. The highest BCUT2D eigenvalue weighted by atomic mass is 16.4. The lowest BCUT2D eigenvalue weighted by molar-refractivity contribution is -0.166. The molecule has 1 heterocycles. The number of hydrogen-bond donors (Lipinski definition) is 2. The van der Waals surface area contributed by atoms with Gasteiger partial charge in [0, 0.05) is 31.3 Å². The van der Waals surface area contributed by atoms with Gasteiger partial charge in [-0.25, -0.2) is 4.79 Å². The Labute approximate surface area is 107 Å². The molecule has 1 aliphatic carbocycles. The van der Waals surface area contributed by atoms with Crippen LogP contribution in [-0.2, 0) is 9.59 Å². The van der Waals surface area contributed by atoms with Gasteiger partial charge in [-0.1, -0.05) is 19.8 Å². The van der Waals surface area contributed by atoms with Crippen LogP contribution in [0, 0.1) is 5.41 Å². The van der Waals surface area contributed by atoms with Crippen molar-refractivity contribution in [2.75, 3.05) is 13.1 Å². The summed E-state index contributed by atoms with van der Waals surface area (Å²) >= 11 is 0. The summed E-state index contributed by atoms with van der Waals surface area (Å²) in [6, 6.07) is 0. The highest BCUT2D eigenvalue weighted by Gasteiger charge is 2.44. The molecule has 0 spiro atoms. The zero-order valence-electron chi connectivity index (χ0n) is 10.8. The number of rotatable bonds is 2. The van der Waals surface area contributed by atoms with E-state index in [0.29, 0.717) is 13.1 Å². The first-order valence-corrected chi connectivity index (χ1v) is 6.63. The van der Waals surface area contributed by atoms with E-state index >= 15 is 0 Å². The van der Waals surface area contributed by atoms with Crippen molar-refractivity contribution in [1.29, 1.82) is 0 Å². The van der Waals surface area contributed by atoms with Gasteiger partial charge in [-0.15, -0.1) is 0 Å². The Bertz CT molecular complexity index is 352. The third-order valence-corrected chi connectivity index (χ3v) is 4.50. The summed E-state index contributed by atoms with van der Waals surface area (Å²) in [4.78, 5) is 25.0. The highest BCUT2D eigenvalue weighted by molar-refractivity contribution is 5.83. The van der Waals surface area contributed by atoms with E-state index in [1.54, 1.807) is 4.90 Å². The van der Waals surface area contributed by atoms with Crippen LogP contribution in [0.1, 0.15) is 45.4 Å². The van der Waals surface area contributed by atoms with Crippen molar-refractivity contribution in [3.05, 3.63) is 0 Å². The number of hydrogen-bond acceptors (Lipinski definition) is 3. The molecule has 2 rings (SSSR count). The van der Waals surface area contributed by atoms with E-state index in [9.17, 15) is 14.7 Å². The normalized spacial score (nSPS) is 26.0.